The van der Waals surface area contributed by atoms with E-state index in [0.717, 1.165) is 10.0 Å². The number of hydrogen-bond donors (Lipinski definition) is 0. The zero-order chi connectivity index (χ0) is 21.0. The first-order valence-corrected chi connectivity index (χ1v) is 10.4. The molecule has 0 saturated heterocycles. The van der Waals surface area contributed by atoms with Gasteiger partial charge in [0.05, 0.1) is 28.3 Å². The van der Waals surface area contributed by atoms with Crippen molar-refractivity contribution in [3.05, 3.63) is 33.8 Å². The molecule has 0 aliphatic rings. The third kappa shape index (κ3) is 7.60. The van der Waals surface area contributed by atoms with E-state index in [1.165, 1.54) is 3.93 Å². The number of nitrogens with zero attached hydrogens (tertiary/aromatic N) is 1. The van der Waals surface area contributed by atoms with E-state index in [1.807, 2.05) is 26.8 Å². The molecule has 6 nitrogen and oxygen atoms in total. The lowest BCUT2D eigenvalue weighted by Crippen LogP contribution is -2.41. The molecule has 0 unspecified atom stereocenters. The summed E-state index contributed by atoms with van der Waals surface area (Å²) < 4.78 is 24.1. The van der Waals surface area contributed by atoms with Crippen LogP contribution in [0.2, 0.25) is 0 Å². The maximum Gasteiger partial charge on any atom is 0.420 e. The lowest BCUT2D eigenvalue weighted by molar-refractivity contribution is -0.347. The second-order valence-corrected chi connectivity index (χ2v) is 9.90. The normalized spacial score (nSPS) is 12.8. The summed E-state index contributed by atoms with van der Waals surface area (Å²) in [5, 5.41) is 0. The molecule has 1 rings (SSSR count). The highest BCUT2D eigenvalue weighted by Gasteiger charge is 2.38. The highest BCUT2D eigenvalue weighted by molar-refractivity contribution is 9.10. The average Bonchev–Trinajstić information content (AvgIpc) is 2.52. The molecule has 148 valence electrons. The zero-order valence-corrected chi connectivity index (χ0v) is 21.4. The first kappa shape index (κ1) is 24.8. The second-order valence-electron chi connectivity index (χ2n) is 7.78. The Morgan fingerprint density at radius 3 is 2.07 bits per heavy atom. The van der Waals surface area contributed by atoms with Gasteiger partial charge in [-0.2, -0.15) is 0 Å². The van der Waals surface area contributed by atoms with Crippen molar-refractivity contribution in [1.82, 2.24) is 3.93 Å². The lowest BCUT2D eigenvalue weighted by atomic mass is 10.1. The van der Waals surface area contributed by atoms with Crippen LogP contribution in [0.4, 0.5) is 4.79 Å². The van der Waals surface area contributed by atoms with Crippen LogP contribution in [0.1, 0.15) is 52.7 Å². The second kappa shape index (κ2) is 9.51. The van der Waals surface area contributed by atoms with Crippen LogP contribution in [-0.2, 0) is 30.8 Å². The summed E-state index contributed by atoms with van der Waals surface area (Å²) in [6, 6.07) is 5.40. The Balaban J connectivity index is 3.16. The van der Waals surface area contributed by atoms with E-state index in [4.69, 9.17) is 18.3 Å². The molecule has 1 aromatic carbocycles. The molecule has 1 amide bonds. The van der Waals surface area contributed by atoms with Crippen LogP contribution >= 0.6 is 32.1 Å². The predicted molar refractivity (Wildman–Crippen MR) is 111 cm³/mol. The molecule has 0 heterocycles. The van der Waals surface area contributed by atoms with Crippen LogP contribution in [0.5, 0.6) is 0 Å². The number of rotatable bonds is 6. The van der Waals surface area contributed by atoms with Crippen molar-refractivity contribution in [2.24, 2.45) is 0 Å². The topological polar surface area (TPSA) is 57.2 Å². The Kier molecular flexibility index (Phi) is 8.73. The Morgan fingerprint density at radius 2 is 1.63 bits per heavy atom. The minimum absolute atomic E-state index is 0.234. The van der Waals surface area contributed by atoms with Gasteiger partial charge in [-0.3, -0.25) is 0 Å². The molecule has 10 heteroatoms. The summed E-state index contributed by atoms with van der Waals surface area (Å²) in [4.78, 5) is 12.2. The number of carbonyl (C=O) groups excluding carboxylic acids is 1. The van der Waals surface area contributed by atoms with E-state index in [-0.39, 0.29) is 6.54 Å². The molecule has 0 aromatic heterocycles. The fourth-order valence-electron chi connectivity index (χ4n) is 2.05. The van der Waals surface area contributed by atoms with Crippen LogP contribution in [-0.4, -0.2) is 42.2 Å². The summed E-state index contributed by atoms with van der Waals surface area (Å²) in [5.74, 6) is -1.54. The summed E-state index contributed by atoms with van der Waals surface area (Å²) in [7, 11) is 6.08. The minimum atomic E-state index is -1.54. The zero-order valence-electron chi connectivity index (χ0n) is 16.2. The molecule has 6 radical (unpaired) electrons. The van der Waals surface area contributed by atoms with Gasteiger partial charge in [0, 0.05) is 10.0 Å². The fourth-order valence-corrected chi connectivity index (χ4v) is 3.25. The van der Waals surface area contributed by atoms with Crippen molar-refractivity contribution in [2.75, 3.05) is 0 Å². The van der Waals surface area contributed by atoms with Gasteiger partial charge in [0.2, 0.25) is 0 Å². The number of carbonyl (C=O) groups is 1. The van der Waals surface area contributed by atoms with Crippen molar-refractivity contribution < 1.29 is 23.1 Å². The number of benzene rings is 1. The Hall–Kier alpha value is -0.236. The first-order chi connectivity index (χ1) is 12.2. The Labute approximate surface area is 184 Å². The molecule has 0 aliphatic heterocycles. The van der Waals surface area contributed by atoms with Gasteiger partial charge in [-0.05, 0) is 65.3 Å². The van der Waals surface area contributed by atoms with Crippen LogP contribution < -0.4 is 0 Å². The Morgan fingerprint density at radius 1 is 1.07 bits per heavy atom. The highest BCUT2D eigenvalue weighted by Crippen LogP contribution is 2.34. The van der Waals surface area contributed by atoms with E-state index >= 15 is 0 Å². The van der Waals surface area contributed by atoms with Gasteiger partial charge in [0.1, 0.15) is 5.60 Å². The number of ether oxygens (including phenoxy) is 2. The molecular weight excluding hydrogens is 514 g/mol. The van der Waals surface area contributed by atoms with Gasteiger partial charge < -0.3 is 18.3 Å². The van der Waals surface area contributed by atoms with Gasteiger partial charge in [0.25, 0.3) is 26.9 Å². The van der Waals surface area contributed by atoms with E-state index in [2.05, 4.69) is 53.0 Å². The van der Waals surface area contributed by atoms with Crippen LogP contribution in [0.25, 0.3) is 0 Å². The average molecular weight is 537 g/mol. The molecule has 0 aliphatic carbocycles. The molecule has 0 bridgehead atoms. The highest BCUT2D eigenvalue weighted by atomic mass is 79.9. The first-order valence-electron chi connectivity index (χ1n) is 8.08. The number of hydrogen-bond acceptors (Lipinski definition) is 5. The van der Waals surface area contributed by atoms with E-state index in [0.29, 0.717) is 5.56 Å². The van der Waals surface area contributed by atoms with E-state index in [1.54, 1.807) is 32.9 Å². The third-order valence-corrected chi connectivity index (χ3v) is 4.86. The van der Waals surface area contributed by atoms with Crippen molar-refractivity contribution in [2.45, 2.75) is 65.3 Å². The quantitative estimate of drug-likeness (QED) is 0.301. The number of halogens is 2. The van der Waals surface area contributed by atoms with E-state index in [9.17, 15) is 4.79 Å². The van der Waals surface area contributed by atoms with Crippen molar-refractivity contribution >= 4 is 59.1 Å². The lowest BCUT2D eigenvalue weighted by Gasteiger charge is -2.37. The van der Waals surface area contributed by atoms with Gasteiger partial charge in [-0.25, -0.2) is 8.72 Å². The molecule has 1 aromatic rings. The fraction of sp³-hybridized carbons (Fsp3) is 0.588. The third-order valence-electron chi connectivity index (χ3n) is 3.01. The largest absolute Gasteiger partial charge is 0.443 e. The SMILES string of the molecule is CC(C)(C)OC(=O)N(Br)Cc1cc(C(O[Si])(O[Si])OC(C)(C)C)ccc1Br. The summed E-state index contributed by atoms with van der Waals surface area (Å²) in [5.41, 5.74) is 0.200. The van der Waals surface area contributed by atoms with E-state index < -0.39 is 23.3 Å². The molecule has 0 saturated carbocycles. The maximum absolute atomic E-state index is 12.2. The van der Waals surface area contributed by atoms with Crippen molar-refractivity contribution in [3.63, 3.8) is 0 Å². The van der Waals surface area contributed by atoms with Gasteiger partial charge in [-0.1, -0.05) is 15.9 Å². The monoisotopic (exact) mass is 535 g/mol. The van der Waals surface area contributed by atoms with Gasteiger partial charge >= 0.3 is 6.09 Å². The molecule has 0 spiro atoms. The smallest absolute Gasteiger partial charge is 0.420 e. The molecule has 0 fully saturated rings. The summed E-state index contributed by atoms with van der Waals surface area (Å²) >= 11 is 6.74. The van der Waals surface area contributed by atoms with Crippen LogP contribution in [0.15, 0.2) is 22.7 Å². The van der Waals surface area contributed by atoms with Crippen LogP contribution in [0, 0.1) is 0 Å². The minimum Gasteiger partial charge on any atom is -0.443 e. The maximum atomic E-state index is 12.2. The van der Waals surface area contributed by atoms with Gasteiger partial charge in [-0.15, -0.1) is 0 Å². The molecule has 27 heavy (non-hydrogen) atoms. The summed E-state index contributed by atoms with van der Waals surface area (Å²) in [6.45, 7) is 11.3. The van der Waals surface area contributed by atoms with Crippen LogP contribution in [0.3, 0.4) is 0 Å². The van der Waals surface area contributed by atoms with Gasteiger partial charge in [0.15, 0.2) is 0 Å². The predicted octanol–water partition coefficient (Wildman–Crippen LogP) is 4.62. The summed E-state index contributed by atoms with van der Waals surface area (Å²) in [6.07, 6.45) is -0.496. The molecule has 0 N–H and O–H groups in total. The molecule has 0 atom stereocenters. The van der Waals surface area contributed by atoms with Crippen molar-refractivity contribution in [1.29, 1.82) is 0 Å². The Bertz CT molecular complexity index is 658. The number of amides is 1. The standard InChI is InChI=1S/C17H23Br2NO5Si2/c1-15(2,3)22-14(21)20(19)10-11-9-12(7-8-13(11)18)17(24-26,25-27)23-16(4,5)6/h7-9H,10H2,1-6H3. The van der Waals surface area contributed by atoms with Crippen molar-refractivity contribution in [3.8, 4) is 0 Å². The molecular formula is C17H23Br2NO5Si2.